The average Bonchev–Trinajstić information content (AvgIpc) is 3.21. The zero-order chi connectivity index (χ0) is 16.4. The van der Waals surface area contributed by atoms with Crippen LogP contribution in [0.4, 0.5) is 5.69 Å². The van der Waals surface area contributed by atoms with E-state index in [4.69, 9.17) is 0 Å². The Morgan fingerprint density at radius 2 is 1.75 bits per heavy atom. The van der Waals surface area contributed by atoms with Crippen LogP contribution in [0, 0.1) is 0 Å². The molecule has 3 aliphatic rings. The van der Waals surface area contributed by atoms with Crippen molar-refractivity contribution in [2.24, 2.45) is 4.99 Å². The Hall–Kier alpha value is -3.47. The number of fused-ring (bicyclic) bond motifs is 4. The van der Waals surface area contributed by atoms with E-state index in [-0.39, 0.29) is 28.7 Å². The molecular formula is C19H10N2O3. The van der Waals surface area contributed by atoms with Crippen molar-refractivity contribution >= 4 is 29.4 Å². The summed E-state index contributed by atoms with van der Waals surface area (Å²) in [5, 5.41) is 13.9. The highest BCUT2D eigenvalue weighted by Gasteiger charge is 2.33. The van der Waals surface area contributed by atoms with Gasteiger partial charge in [-0.3, -0.25) is 9.59 Å². The molecule has 0 saturated carbocycles. The lowest BCUT2D eigenvalue weighted by Crippen LogP contribution is -2.28. The van der Waals surface area contributed by atoms with E-state index in [0.29, 0.717) is 27.4 Å². The van der Waals surface area contributed by atoms with Crippen LogP contribution in [-0.2, 0) is 0 Å². The van der Waals surface area contributed by atoms with Gasteiger partial charge in [-0.1, -0.05) is 18.2 Å². The van der Waals surface area contributed by atoms with Gasteiger partial charge >= 0.3 is 0 Å². The van der Waals surface area contributed by atoms with E-state index in [1.165, 1.54) is 0 Å². The van der Waals surface area contributed by atoms with E-state index < -0.39 is 0 Å². The highest BCUT2D eigenvalue weighted by Crippen LogP contribution is 2.31. The van der Waals surface area contributed by atoms with Crippen molar-refractivity contribution < 1.29 is 14.7 Å². The number of hydrogen-bond acceptors (Lipinski definition) is 5. The molecule has 1 aliphatic carbocycles. The monoisotopic (exact) mass is 314 g/mol. The number of aliphatic hydroxyl groups excluding tert-OH is 1. The Kier molecular flexibility index (Phi) is 2.33. The number of aliphatic hydroxyl groups is 1. The van der Waals surface area contributed by atoms with Crippen molar-refractivity contribution in [2.45, 2.75) is 0 Å². The second-order valence-electron chi connectivity index (χ2n) is 5.84. The fourth-order valence-electron chi connectivity index (χ4n) is 3.30. The number of carbonyl (C=O) groups is 2. The molecule has 5 nitrogen and oxygen atoms in total. The van der Waals surface area contributed by atoms with E-state index in [1.807, 2.05) is 6.07 Å². The Bertz CT molecular complexity index is 1170. The standard InChI is InChI=1S/C19H10N2O3/c22-10-7-9-5-6-12-15(13(9)8-10)21-17(19(12)24)16-18(23)11-3-1-2-4-14(11)20-16/h1-8,20,22H/b17-16+. The van der Waals surface area contributed by atoms with E-state index in [2.05, 4.69) is 10.3 Å². The molecule has 0 bridgehead atoms. The van der Waals surface area contributed by atoms with Gasteiger partial charge in [0.15, 0.2) is 0 Å². The number of hydrogen-bond donors (Lipinski definition) is 2. The number of para-hydroxylation sites is 1. The molecular weight excluding hydrogens is 304 g/mol. The predicted molar refractivity (Wildman–Crippen MR) is 88.0 cm³/mol. The second kappa shape index (κ2) is 4.29. The van der Waals surface area contributed by atoms with E-state index >= 15 is 0 Å². The van der Waals surface area contributed by atoms with Crippen molar-refractivity contribution in [2.75, 3.05) is 5.32 Å². The first-order valence-electron chi connectivity index (χ1n) is 7.47. The maximum absolute atomic E-state index is 12.7. The topological polar surface area (TPSA) is 78.8 Å². The number of rotatable bonds is 0. The Labute approximate surface area is 136 Å². The number of ketones is 2. The van der Waals surface area contributed by atoms with Gasteiger partial charge in [0.25, 0.3) is 0 Å². The van der Waals surface area contributed by atoms with Gasteiger partial charge in [-0.2, -0.15) is 0 Å². The number of Topliss-reactive ketones (excluding diaryl/α,β-unsaturated/α-hetero) is 2. The first kappa shape index (κ1) is 13.0. The molecule has 0 atom stereocenters. The fourth-order valence-corrected chi connectivity index (χ4v) is 3.30. The Morgan fingerprint density at radius 1 is 0.917 bits per heavy atom. The highest BCUT2D eigenvalue weighted by molar-refractivity contribution is 6.24. The minimum atomic E-state index is -0.281. The molecule has 0 saturated heterocycles. The number of nitrogens with one attached hydrogen (secondary N) is 1. The average molecular weight is 314 g/mol. The van der Waals surface area contributed by atoms with Crippen molar-refractivity contribution in [1.82, 2.24) is 0 Å². The van der Waals surface area contributed by atoms with Crippen molar-refractivity contribution in [3.05, 3.63) is 80.8 Å². The summed E-state index contributed by atoms with van der Waals surface area (Å²) in [6, 6.07) is 10.6. The Balaban J connectivity index is 1.75. The van der Waals surface area contributed by atoms with Crippen molar-refractivity contribution in [3.8, 4) is 0 Å². The maximum Gasteiger partial charge on any atom is 0.215 e. The van der Waals surface area contributed by atoms with E-state index in [1.54, 1.807) is 42.5 Å². The summed E-state index contributed by atoms with van der Waals surface area (Å²) in [7, 11) is 0. The van der Waals surface area contributed by atoms with Gasteiger partial charge in [-0.05, 0) is 35.9 Å². The molecule has 0 amide bonds. The fraction of sp³-hybridized carbons (Fsp3) is 0. The normalized spacial score (nSPS) is 19.9. The van der Waals surface area contributed by atoms with Crippen LogP contribution in [0.15, 0.2) is 58.5 Å². The lowest BCUT2D eigenvalue weighted by molar-refractivity contribution is 0.101. The molecule has 0 aromatic heterocycles. The van der Waals surface area contributed by atoms with Crippen LogP contribution < -0.4 is 15.9 Å². The summed E-state index contributed by atoms with van der Waals surface area (Å²) in [6.07, 6.45) is 3.20. The minimum absolute atomic E-state index is 0.124. The molecule has 2 N–H and O–H groups in total. The molecule has 114 valence electrons. The van der Waals surface area contributed by atoms with Crippen LogP contribution in [0.1, 0.15) is 26.3 Å². The summed E-state index contributed by atoms with van der Waals surface area (Å²) in [4.78, 5) is 29.7. The largest absolute Gasteiger partial charge is 0.508 e. The zero-order valence-corrected chi connectivity index (χ0v) is 12.3. The predicted octanol–water partition coefficient (Wildman–Crippen LogP) is 1.72. The second-order valence-corrected chi connectivity index (χ2v) is 5.84. The summed E-state index contributed by atoms with van der Waals surface area (Å²) < 4.78 is 0. The Morgan fingerprint density at radius 3 is 2.58 bits per heavy atom. The van der Waals surface area contributed by atoms with Crippen LogP contribution in [0.25, 0.3) is 12.2 Å². The van der Waals surface area contributed by atoms with Crippen molar-refractivity contribution in [1.29, 1.82) is 0 Å². The minimum Gasteiger partial charge on any atom is -0.508 e. The van der Waals surface area contributed by atoms with Gasteiger partial charge in [0.2, 0.25) is 11.6 Å². The molecule has 2 heterocycles. The number of anilines is 1. The van der Waals surface area contributed by atoms with Crippen LogP contribution in [0.5, 0.6) is 0 Å². The van der Waals surface area contributed by atoms with E-state index in [0.717, 1.165) is 5.56 Å². The molecule has 5 heteroatoms. The number of allylic oxidation sites excluding steroid dienone is 3. The van der Waals surface area contributed by atoms with Gasteiger partial charge < -0.3 is 10.4 Å². The first-order chi connectivity index (χ1) is 11.6. The van der Waals surface area contributed by atoms with Crippen LogP contribution in [0.3, 0.4) is 0 Å². The summed E-state index contributed by atoms with van der Waals surface area (Å²) in [5.41, 5.74) is 2.81. The van der Waals surface area contributed by atoms with Gasteiger partial charge in [0, 0.05) is 16.5 Å². The van der Waals surface area contributed by atoms with Crippen LogP contribution >= 0.6 is 0 Å². The molecule has 5 rings (SSSR count). The number of carbonyl (C=O) groups excluding carboxylic acids is 2. The third-order valence-corrected chi connectivity index (χ3v) is 4.42. The third kappa shape index (κ3) is 1.55. The van der Waals surface area contributed by atoms with E-state index in [9.17, 15) is 14.7 Å². The molecule has 2 aliphatic heterocycles. The van der Waals surface area contributed by atoms with Crippen LogP contribution in [0.2, 0.25) is 0 Å². The molecule has 0 radical (unpaired) electrons. The SMILES string of the molecule is O=C1/C(=C2\N=c3c(ccc4c3=CC(O)=C4)C2=O)Nc2ccccc21. The molecule has 0 fully saturated rings. The van der Waals surface area contributed by atoms with Gasteiger partial charge in [-0.15, -0.1) is 0 Å². The van der Waals surface area contributed by atoms with Gasteiger partial charge in [0.05, 0.1) is 10.9 Å². The first-order valence-corrected chi connectivity index (χ1v) is 7.47. The van der Waals surface area contributed by atoms with Crippen molar-refractivity contribution in [3.63, 3.8) is 0 Å². The van der Waals surface area contributed by atoms with Gasteiger partial charge in [0.1, 0.15) is 17.2 Å². The number of nitrogens with zero attached hydrogens (tertiary/aromatic N) is 1. The number of benzene rings is 2. The third-order valence-electron chi connectivity index (χ3n) is 4.42. The summed E-state index contributed by atoms with van der Waals surface area (Å²) in [6.45, 7) is 0. The lowest BCUT2D eigenvalue weighted by atomic mass is 10.0. The lowest BCUT2D eigenvalue weighted by Gasteiger charge is -2.00. The highest BCUT2D eigenvalue weighted by atomic mass is 16.3. The van der Waals surface area contributed by atoms with Crippen LogP contribution in [-0.4, -0.2) is 16.7 Å². The summed E-state index contributed by atoms with van der Waals surface area (Å²) >= 11 is 0. The zero-order valence-electron chi connectivity index (χ0n) is 12.3. The summed E-state index contributed by atoms with van der Waals surface area (Å²) in [5.74, 6) is -0.382. The molecule has 24 heavy (non-hydrogen) atoms. The smallest absolute Gasteiger partial charge is 0.215 e. The molecule has 0 unspecified atom stereocenters. The molecule has 0 spiro atoms. The quantitative estimate of drug-likeness (QED) is 0.726. The van der Waals surface area contributed by atoms with Gasteiger partial charge in [-0.25, -0.2) is 4.99 Å². The molecule has 2 aromatic rings. The molecule has 2 aromatic carbocycles. The maximum atomic E-state index is 12.7.